The van der Waals surface area contributed by atoms with Crippen molar-refractivity contribution in [3.05, 3.63) is 24.3 Å². The second-order valence-electron chi connectivity index (χ2n) is 3.51. The first-order valence-electron chi connectivity index (χ1n) is 4.60. The summed E-state index contributed by atoms with van der Waals surface area (Å²) in [6, 6.07) is 4.51. The molecule has 0 unspecified atom stereocenters. The lowest BCUT2D eigenvalue weighted by atomic mass is 10.2. The lowest BCUT2D eigenvalue weighted by molar-refractivity contribution is -0.138. The van der Waals surface area contributed by atoms with Gasteiger partial charge in [0.2, 0.25) is 10.0 Å². The highest BCUT2D eigenvalue weighted by atomic mass is 32.2. The van der Waals surface area contributed by atoms with Gasteiger partial charge >= 0.3 is 6.30 Å². The fraction of sp³-hybridized carbons (Fsp3) is 0.111. The van der Waals surface area contributed by atoms with E-state index in [0.29, 0.717) is 10.2 Å². The predicted molar refractivity (Wildman–Crippen MR) is 56.3 cm³/mol. The Bertz CT molecular complexity index is 691. The number of aromatic hydroxyl groups is 1. The molecule has 0 amide bonds. The largest absolute Gasteiger partial charge is 0.495 e. The Kier molecular flexibility index (Phi) is 2.74. The van der Waals surface area contributed by atoms with E-state index in [-0.39, 0.29) is 11.3 Å². The van der Waals surface area contributed by atoms with Crippen molar-refractivity contribution in [3.63, 3.8) is 0 Å². The number of rotatable bonds is 2. The molecule has 0 fully saturated rings. The number of aromatic nitrogens is 1. The molecule has 0 aliphatic carbocycles. The molecule has 3 N–H and O–H groups in total. The number of aromatic amines is 1. The minimum atomic E-state index is -5.03. The fourth-order valence-corrected chi connectivity index (χ4v) is 2.43. The van der Waals surface area contributed by atoms with Crippen LogP contribution in [0, 0.1) is 0 Å². The molecule has 0 spiro atoms. The van der Waals surface area contributed by atoms with Crippen molar-refractivity contribution in [1.29, 1.82) is 0 Å². The zero-order valence-electron chi connectivity index (χ0n) is 8.62. The molecule has 98 valence electrons. The van der Waals surface area contributed by atoms with Gasteiger partial charge in [-0.15, -0.1) is 4.72 Å². The predicted octanol–water partition coefficient (Wildman–Crippen LogP) is 1.67. The van der Waals surface area contributed by atoms with E-state index in [1.807, 2.05) is 0 Å². The molecule has 0 radical (unpaired) electrons. The van der Waals surface area contributed by atoms with Crippen LogP contribution in [0.1, 0.15) is 0 Å². The van der Waals surface area contributed by atoms with E-state index in [0.717, 1.165) is 12.1 Å². The maximum Gasteiger partial charge on any atom is 0.470 e. The Labute approximate surface area is 99.3 Å². The average Bonchev–Trinajstić information content (AvgIpc) is 2.52. The summed E-state index contributed by atoms with van der Waals surface area (Å²) in [6.07, 6.45) is -5.03. The van der Waals surface area contributed by atoms with Crippen LogP contribution in [0.3, 0.4) is 0 Å². The first-order chi connectivity index (χ1) is 8.17. The summed E-state index contributed by atoms with van der Waals surface area (Å²) < 4.78 is 59.4. The lowest BCUT2D eigenvalue weighted by Gasteiger charge is -2.09. The van der Waals surface area contributed by atoms with Crippen LogP contribution in [0.15, 0.2) is 29.2 Å². The van der Waals surface area contributed by atoms with Crippen LogP contribution in [0.25, 0.3) is 10.9 Å². The van der Waals surface area contributed by atoms with Crippen molar-refractivity contribution in [2.24, 2.45) is 0 Å². The molecule has 2 aromatic rings. The first kappa shape index (κ1) is 12.7. The Morgan fingerprint density at radius 3 is 2.50 bits per heavy atom. The van der Waals surface area contributed by atoms with Gasteiger partial charge in [-0.25, -0.2) is 8.42 Å². The number of sulfonamides is 1. The number of halogens is 3. The fourth-order valence-electron chi connectivity index (χ4n) is 1.47. The third-order valence-electron chi connectivity index (χ3n) is 2.14. The van der Waals surface area contributed by atoms with E-state index < -0.39 is 21.2 Å². The van der Waals surface area contributed by atoms with Gasteiger partial charge in [-0.1, -0.05) is 0 Å². The van der Waals surface area contributed by atoms with Gasteiger partial charge in [0.15, 0.2) is 5.88 Å². The highest BCUT2D eigenvalue weighted by Gasteiger charge is 2.34. The average molecular weight is 280 g/mol. The highest BCUT2D eigenvalue weighted by molar-refractivity contribution is 7.89. The molecular formula is C9H7F3N2O3S. The van der Waals surface area contributed by atoms with Crippen LogP contribution in [-0.4, -0.2) is 24.8 Å². The van der Waals surface area contributed by atoms with Crippen LogP contribution in [0.2, 0.25) is 0 Å². The van der Waals surface area contributed by atoms with Gasteiger partial charge in [0.1, 0.15) is 0 Å². The van der Waals surface area contributed by atoms with Crippen LogP contribution in [0.5, 0.6) is 5.88 Å². The summed E-state index contributed by atoms with van der Waals surface area (Å²) in [4.78, 5) is 1.97. The van der Waals surface area contributed by atoms with Crippen molar-refractivity contribution in [2.75, 3.05) is 0 Å². The summed E-state index contributed by atoms with van der Waals surface area (Å²) in [5.41, 5.74) is 0.415. The Morgan fingerprint density at radius 1 is 1.22 bits per heavy atom. The molecule has 5 nitrogen and oxygen atoms in total. The van der Waals surface area contributed by atoms with Crippen LogP contribution in [0.4, 0.5) is 13.2 Å². The summed E-state index contributed by atoms with van der Waals surface area (Å²) in [5.74, 6) is -0.205. The summed E-state index contributed by atoms with van der Waals surface area (Å²) in [6.45, 7) is 0. The summed E-state index contributed by atoms with van der Waals surface area (Å²) >= 11 is 0. The summed E-state index contributed by atoms with van der Waals surface area (Å²) in [7, 11) is -4.67. The van der Waals surface area contributed by atoms with Crippen LogP contribution < -0.4 is 4.72 Å². The number of hydrogen-bond acceptors (Lipinski definition) is 3. The molecule has 1 aromatic heterocycles. The standard InChI is InChI=1S/C9H7F3N2O3S/c10-9(11,12)14-18(16,17)6-1-2-7-5(3-6)4-8(15)13-7/h1-4,13-15H. The molecule has 0 saturated carbocycles. The molecule has 0 aliphatic heterocycles. The van der Waals surface area contributed by atoms with Gasteiger partial charge in [-0.2, -0.15) is 13.2 Å². The zero-order valence-corrected chi connectivity index (χ0v) is 9.43. The monoisotopic (exact) mass is 280 g/mol. The summed E-state index contributed by atoms with van der Waals surface area (Å²) in [5, 5.41) is 9.43. The van der Waals surface area contributed by atoms with Crippen molar-refractivity contribution >= 4 is 20.9 Å². The maximum atomic E-state index is 12.0. The number of alkyl halides is 3. The topological polar surface area (TPSA) is 82.2 Å². The van der Waals surface area contributed by atoms with Gasteiger partial charge in [0.05, 0.1) is 4.90 Å². The number of H-pyrrole nitrogens is 1. The minimum Gasteiger partial charge on any atom is -0.495 e. The lowest BCUT2D eigenvalue weighted by Crippen LogP contribution is -2.37. The van der Waals surface area contributed by atoms with Gasteiger partial charge in [0.25, 0.3) is 0 Å². The normalized spacial score (nSPS) is 13.1. The third kappa shape index (κ3) is 2.57. The Hall–Kier alpha value is -1.74. The Balaban J connectivity index is 2.47. The van der Waals surface area contributed by atoms with Crippen molar-refractivity contribution in [1.82, 2.24) is 9.71 Å². The smallest absolute Gasteiger partial charge is 0.470 e. The van der Waals surface area contributed by atoms with Gasteiger partial charge in [-0.3, -0.25) is 0 Å². The quantitative estimate of drug-likeness (QED) is 0.732. The van der Waals surface area contributed by atoms with Crippen LogP contribution >= 0.6 is 0 Å². The SMILES string of the molecule is O=S(=O)(NC(F)(F)F)c1ccc2[nH]c(O)cc2c1. The molecular weight excluding hydrogens is 273 g/mol. The number of benzene rings is 1. The van der Waals surface area contributed by atoms with E-state index in [2.05, 4.69) is 4.98 Å². The first-order valence-corrected chi connectivity index (χ1v) is 6.08. The highest BCUT2D eigenvalue weighted by Crippen LogP contribution is 2.24. The number of nitrogens with one attached hydrogen (secondary N) is 2. The maximum absolute atomic E-state index is 12.0. The molecule has 2 rings (SSSR count). The molecule has 0 bridgehead atoms. The second kappa shape index (κ2) is 3.89. The van der Waals surface area contributed by atoms with Gasteiger partial charge < -0.3 is 10.1 Å². The molecule has 18 heavy (non-hydrogen) atoms. The van der Waals surface area contributed by atoms with Gasteiger partial charge in [-0.05, 0) is 18.2 Å². The van der Waals surface area contributed by atoms with Crippen molar-refractivity contribution < 1.29 is 26.7 Å². The second-order valence-corrected chi connectivity index (χ2v) is 5.19. The van der Waals surface area contributed by atoms with E-state index in [1.54, 1.807) is 0 Å². The minimum absolute atomic E-state index is 0.205. The zero-order chi connectivity index (χ0) is 13.6. The number of fused-ring (bicyclic) bond motifs is 1. The molecule has 1 aromatic carbocycles. The Morgan fingerprint density at radius 2 is 1.89 bits per heavy atom. The van der Waals surface area contributed by atoms with Crippen LogP contribution in [-0.2, 0) is 10.0 Å². The van der Waals surface area contributed by atoms with E-state index in [4.69, 9.17) is 5.11 Å². The van der Waals surface area contributed by atoms with Crippen molar-refractivity contribution in [2.45, 2.75) is 11.2 Å². The van der Waals surface area contributed by atoms with Gasteiger partial charge in [0, 0.05) is 17.0 Å². The van der Waals surface area contributed by atoms with E-state index >= 15 is 0 Å². The van der Waals surface area contributed by atoms with E-state index in [9.17, 15) is 21.6 Å². The van der Waals surface area contributed by atoms with E-state index in [1.165, 1.54) is 12.1 Å². The number of hydrogen-bond donors (Lipinski definition) is 3. The molecule has 0 aliphatic rings. The molecule has 1 heterocycles. The molecule has 0 atom stereocenters. The molecule has 9 heteroatoms. The third-order valence-corrected chi connectivity index (χ3v) is 3.51. The van der Waals surface area contributed by atoms with Crippen molar-refractivity contribution in [3.8, 4) is 5.88 Å². The molecule has 0 saturated heterocycles.